The summed E-state index contributed by atoms with van der Waals surface area (Å²) >= 11 is 0. The molecule has 1 N–H and O–H groups in total. The van der Waals surface area contributed by atoms with Gasteiger partial charge in [0.15, 0.2) is 11.5 Å². The maximum absolute atomic E-state index is 12.0. The van der Waals surface area contributed by atoms with Gasteiger partial charge in [-0.05, 0) is 30.7 Å². The molecule has 0 fully saturated rings. The maximum atomic E-state index is 12.0. The Morgan fingerprint density at radius 2 is 1.92 bits per heavy atom. The van der Waals surface area contributed by atoms with E-state index in [-0.39, 0.29) is 24.8 Å². The monoisotopic (exact) mass is 341 g/mol. The molecule has 0 saturated heterocycles. The molecule has 1 amide bonds. The number of fused-ring (bicyclic) bond motifs is 1. The third-order valence-corrected chi connectivity index (χ3v) is 3.65. The zero-order valence-electron chi connectivity index (χ0n) is 13.4. The van der Waals surface area contributed by atoms with E-state index in [0.29, 0.717) is 22.8 Å². The van der Waals surface area contributed by atoms with Gasteiger partial charge >= 0.3 is 0 Å². The van der Waals surface area contributed by atoms with E-state index < -0.39 is 4.92 Å². The van der Waals surface area contributed by atoms with Crippen molar-refractivity contribution in [3.8, 4) is 11.5 Å². The molecule has 1 heterocycles. The van der Waals surface area contributed by atoms with Gasteiger partial charge in [-0.25, -0.2) is 5.43 Å². The first-order chi connectivity index (χ1) is 12.0. The molecular weight excluding hydrogens is 326 g/mol. The molecule has 128 valence electrons. The Balaban J connectivity index is 1.60. The van der Waals surface area contributed by atoms with Crippen LogP contribution in [-0.4, -0.2) is 23.3 Å². The van der Waals surface area contributed by atoms with E-state index in [1.807, 2.05) is 6.07 Å². The van der Waals surface area contributed by atoms with Crippen molar-refractivity contribution < 1.29 is 19.2 Å². The van der Waals surface area contributed by atoms with Gasteiger partial charge in [0, 0.05) is 17.7 Å². The average molecular weight is 341 g/mol. The van der Waals surface area contributed by atoms with Crippen LogP contribution < -0.4 is 14.9 Å². The molecule has 2 aromatic rings. The highest BCUT2D eigenvalue weighted by Crippen LogP contribution is 2.32. The molecule has 0 aromatic heterocycles. The molecule has 8 heteroatoms. The Morgan fingerprint density at radius 3 is 2.64 bits per heavy atom. The minimum Gasteiger partial charge on any atom is -0.454 e. The minimum atomic E-state index is -0.483. The first-order valence-electron chi connectivity index (χ1n) is 7.49. The van der Waals surface area contributed by atoms with Crippen LogP contribution in [0.3, 0.4) is 0 Å². The molecule has 0 unspecified atom stereocenters. The van der Waals surface area contributed by atoms with Crippen molar-refractivity contribution in [1.29, 1.82) is 0 Å². The number of nitro groups is 1. The predicted octanol–water partition coefficient (Wildman–Crippen LogP) is 2.41. The molecule has 0 spiro atoms. The minimum absolute atomic E-state index is 0.0131. The smallest absolute Gasteiger partial charge is 0.269 e. The van der Waals surface area contributed by atoms with Crippen molar-refractivity contribution >= 4 is 17.3 Å². The molecule has 0 bridgehead atoms. The van der Waals surface area contributed by atoms with Crippen LogP contribution in [-0.2, 0) is 11.2 Å². The molecule has 25 heavy (non-hydrogen) atoms. The number of benzene rings is 2. The summed E-state index contributed by atoms with van der Waals surface area (Å²) in [5.41, 5.74) is 4.56. The number of non-ortho nitro benzene ring substituents is 1. The lowest BCUT2D eigenvalue weighted by Crippen LogP contribution is -2.21. The van der Waals surface area contributed by atoms with Crippen molar-refractivity contribution in [2.75, 3.05) is 6.79 Å². The van der Waals surface area contributed by atoms with Crippen LogP contribution in [0, 0.1) is 10.1 Å². The van der Waals surface area contributed by atoms with Gasteiger partial charge in [-0.2, -0.15) is 5.10 Å². The molecule has 3 rings (SSSR count). The predicted molar refractivity (Wildman–Crippen MR) is 89.7 cm³/mol. The number of hydrazone groups is 1. The van der Waals surface area contributed by atoms with Gasteiger partial charge < -0.3 is 9.47 Å². The Hall–Kier alpha value is -3.42. The van der Waals surface area contributed by atoms with Crippen LogP contribution >= 0.6 is 0 Å². The number of nitrogens with one attached hydrogen (secondary N) is 1. The summed E-state index contributed by atoms with van der Waals surface area (Å²) in [5.74, 6) is 1.01. The SMILES string of the molecule is C/C(=N/NC(=O)Cc1ccc([N+](=O)[O-])cc1)c1ccc2c(c1)OCO2. The number of rotatable bonds is 5. The first kappa shape index (κ1) is 16.4. The highest BCUT2D eigenvalue weighted by molar-refractivity contribution is 5.99. The fraction of sp³-hybridized carbons (Fsp3) is 0.176. The molecule has 1 aliphatic rings. The number of carbonyl (C=O) groups excluding carboxylic acids is 1. The summed E-state index contributed by atoms with van der Waals surface area (Å²) in [6.07, 6.45) is 0.0793. The van der Waals surface area contributed by atoms with Gasteiger partial charge in [0.1, 0.15) is 0 Å². The van der Waals surface area contributed by atoms with E-state index in [2.05, 4.69) is 10.5 Å². The number of hydrogen-bond donors (Lipinski definition) is 1. The number of ether oxygens (including phenoxy) is 2. The van der Waals surface area contributed by atoms with Gasteiger partial charge in [0.05, 0.1) is 17.1 Å². The van der Waals surface area contributed by atoms with Crippen molar-refractivity contribution in [3.05, 3.63) is 63.7 Å². The molecule has 1 aliphatic heterocycles. The van der Waals surface area contributed by atoms with Gasteiger partial charge in [-0.1, -0.05) is 12.1 Å². The lowest BCUT2D eigenvalue weighted by molar-refractivity contribution is -0.384. The van der Waals surface area contributed by atoms with Crippen LogP contribution in [0.5, 0.6) is 11.5 Å². The van der Waals surface area contributed by atoms with Gasteiger partial charge in [0.2, 0.25) is 12.7 Å². The van der Waals surface area contributed by atoms with Crippen molar-refractivity contribution in [1.82, 2.24) is 5.43 Å². The largest absolute Gasteiger partial charge is 0.454 e. The highest BCUT2D eigenvalue weighted by atomic mass is 16.7. The average Bonchev–Trinajstić information content (AvgIpc) is 3.07. The molecule has 0 radical (unpaired) electrons. The second kappa shape index (κ2) is 7.00. The van der Waals surface area contributed by atoms with Gasteiger partial charge in [-0.3, -0.25) is 14.9 Å². The molecule has 0 saturated carbocycles. The van der Waals surface area contributed by atoms with Crippen LogP contribution in [0.1, 0.15) is 18.1 Å². The normalized spacial score (nSPS) is 12.8. The summed E-state index contributed by atoms with van der Waals surface area (Å²) in [6, 6.07) is 11.2. The number of nitro benzene ring substituents is 1. The Kier molecular flexibility index (Phi) is 4.60. The van der Waals surface area contributed by atoms with Crippen molar-refractivity contribution in [2.24, 2.45) is 5.10 Å². The second-order valence-corrected chi connectivity index (χ2v) is 5.40. The Bertz CT molecular complexity index is 846. The molecular formula is C17H15N3O5. The van der Waals surface area contributed by atoms with Crippen molar-refractivity contribution in [3.63, 3.8) is 0 Å². The number of carbonyl (C=O) groups is 1. The summed E-state index contributed by atoms with van der Waals surface area (Å²) < 4.78 is 10.6. The van der Waals surface area contributed by atoms with E-state index in [1.165, 1.54) is 12.1 Å². The number of nitrogens with zero attached hydrogens (tertiary/aromatic N) is 2. The topological polar surface area (TPSA) is 103 Å². The molecule has 2 aromatic carbocycles. The van der Waals surface area contributed by atoms with Gasteiger partial charge in [-0.15, -0.1) is 0 Å². The van der Waals surface area contributed by atoms with E-state index in [0.717, 1.165) is 5.56 Å². The van der Waals surface area contributed by atoms with E-state index >= 15 is 0 Å². The summed E-state index contributed by atoms with van der Waals surface area (Å²) in [4.78, 5) is 22.1. The third-order valence-electron chi connectivity index (χ3n) is 3.65. The van der Waals surface area contributed by atoms with Gasteiger partial charge in [0.25, 0.3) is 5.69 Å². The summed E-state index contributed by atoms with van der Waals surface area (Å²) in [5, 5.41) is 14.7. The van der Waals surface area contributed by atoms with Crippen molar-refractivity contribution in [2.45, 2.75) is 13.3 Å². The summed E-state index contributed by atoms with van der Waals surface area (Å²) in [7, 11) is 0. The number of amides is 1. The second-order valence-electron chi connectivity index (χ2n) is 5.40. The standard InChI is InChI=1S/C17H15N3O5/c1-11(13-4-7-15-16(9-13)25-10-24-15)18-19-17(21)8-12-2-5-14(6-3-12)20(22)23/h2-7,9H,8,10H2,1H3,(H,19,21)/b18-11-. The van der Waals surface area contributed by atoms with E-state index in [4.69, 9.17) is 9.47 Å². The van der Waals surface area contributed by atoms with E-state index in [1.54, 1.807) is 31.2 Å². The Morgan fingerprint density at radius 1 is 1.20 bits per heavy atom. The van der Waals surface area contributed by atoms with Crippen LogP contribution in [0.2, 0.25) is 0 Å². The Labute approximate surface area is 143 Å². The lowest BCUT2D eigenvalue weighted by atomic mass is 10.1. The molecule has 0 atom stereocenters. The zero-order chi connectivity index (χ0) is 17.8. The highest BCUT2D eigenvalue weighted by Gasteiger charge is 2.14. The maximum Gasteiger partial charge on any atom is 0.269 e. The zero-order valence-corrected chi connectivity index (χ0v) is 13.4. The van der Waals surface area contributed by atoms with E-state index in [9.17, 15) is 14.9 Å². The first-order valence-corrected chi connectivity index (χ1v) is 7.49. The molecule has 0 aliphatic carbocycles. The summed E-state index contributed by atoms with van der Waals surface area (Å²) in [6.45, 7) is 1.96. The quantitative estimate of drug-likeness (QED) is 0.511. The van der Waals surface area contributed by atoms with Crippen LogP contribution in [0.4, 0.5) is 5.69 Å². The molecule has 8 nitrogen and oxygen atoms in total. The fourth-order valence-electron chi connectivity index (χ4n) is 2.29. The fourth-order valence-corrected chi connectivity index (χ4v) is 2.29. The van der Waals surface area contributed by atoms with Crippen LogP contribution in [0.25, 0.3) is 0 Å². The lowest BCUT2D eigenvalue weighted by Gasteiger charge is -2.04. The third kappa shape index (κ3) is 3.92. The van der Waals surface area contributed by atoms with Crippen LogP contribution in [0.15, 0.2) is 47.6 Å². The number of hydrogen-bond acceptors (Lipinski definition) is 6.